The number of nitrogens with one attached hydrogen (secondary N) is 1. The minimum atomic E-state index is -0.258. The third kappa shape index (κ3) is 4.75. The molecule has 1 amide bonds. The van der Waals surface area contributed by atoms with Crippen LogP contribution in [0.15, 0.2) is 109 Å². The van der Waals surface area contributed by atoms with E-state index >= 15 is 0 Å². The Morgan fingerprint density at radius 1 is 0.727 bits per heavy atom. The molecule has 1 aliphatic rings. The van der Waals surface area contributed by atoms with Gasteiger partial charge >= 0.3 is 0 Å². The Morgan fingerprint density at radius 3 is 2.09 bits per heavy atom. The first-order valence-corrected chi connectivity index (χ1v) is 11.2. The maximum atomic E-state index is 13.4. The zero-order chi connectivity index (χ0) is 22.5. The minimum Gasteiger partial charge on any atom is -0.493 e. The van der Waals surface area contributed by atoms with Crippen LogP contribution in [0.2, 0.25) is 0 Å². The van der Waals surface area contributed by atoms with Gasteiger partial charge in [-0.15, -0.1) is 0 Å². The van der Waals surface area contributed by atoms with E-state index in [4.69, 9.17) is 4.74 Å². The summed E-state index contributed by atoms with van der Waals surface area (Å²) >= 11 is 0. The number of para-hydroxylation sites is 1. The summed E-state index contributed by atoms with van der Waals surface area (Å²) < 4.78 is 5.95. The Bertz CT molecular complexity index is 1210. The molecule has 0 saturated heterocycles. The van der Waals surface area contributed by atoms with Crippen LogP contribution in [-0.4, -0.2) is 17.4 Å². The van der Waals surface area contributed by atoms with E-state index in [1.807, 2.05) is 89.8 Å². The zero-order valence-electron chi connectivity index (χ0n) is 18.4. The molecular weight excluding hydrogens is 408 g/mol. The third-order valence-electron chi connectivity index (χ3n) is 5.92. The van der Waals surface area contributed by atoms with Gasteiger partial charge in [0.25, 0.3) is 5.91 Å². The number of anilines is 1. The SMILES string of the molecule is O=C1c2ccccc2NC(c2ccc(OCCc3ccccc3)cc2)N1Cc1ccccc1. The normalized spacial score (nSPS) is 15.0. The van der Waals surface area contributed by atoms with Gasteiger partial charge in [-0.3, -0.25) is 4.79 Å². The van der Waals surface area contributed by atoms with E-state index in [0.29, 0.717) is 18.7 Å². The van der Waals surface area contributed by atoms with E-state index in [0.717, 1.165) is 29.0 Å². The smallest absolute Gasteiger partial charge is 0.258 e. The van der Waals surface area contributed by atoms with Crippen LogP contribution in [0, 0.1) is 0 Å². The quantitative estimate of drug-likeness (QED) is 0.384. The predicted octanol–water partition coefficient (Wildman–Crippen LogP) is 6.07. The summed E-state index contributed by atoms with van der Waals surface area (Å²) in [6, 6.07) is 36.1. The summed E-state index contributed by atoms with van der Waals surface area (Å²) in [5.41, 5.74) is 4.93. The van der Waals surface area contributed by atoms with Gasteiger partial charge in [-0.1, -0.05) is 84.9 Å². The number of hydrogen-bond acceptors (Lipinski definition) is 3. The number of amides is 1. The van der Waals surface area contributed by atoms with Crippen LogP contribution in [-0.2, 0) is 13.0 Å². The van der Waals surface area contributed by atoms with Gasteiger partial charge in [-0.2, -0.15) is 0 Å². The second kappa shape index (κ2) is 9.61. The molecule has 4 aromatic carbocycles. The number of benzene rings is 4. The van der Waals surface area contributed by atoms with Crippen molar-refractivity contribution in [2.24, 2.45) is 0 Å². The molecule has 0 fully saturated rings. The molecule has 1 atom stereocenters. The molecule has 0 aliphatic carbocycles. The maximum Gasteiger partial charge on any atom is 0.258 e. The van der Waals surface area contributed by atoms with E-state index in [-0.39, 0.29) is 12.1 Å². The molecule has 0 saturated carbocycles. The van der Waals surface area contributed by atoms with E-state index < -0.39 is 0 Å². The number of carbonyl (C=O) groups excluding carboxylic acids is 1. The van der Waals surface area contributed by atoms with Crippen molar-refractivity contribution in [1.29, 1.82) is 0 Å². The highest BCUT2D eigenvalue weighted by Crippen LogP contribution is 2.34. The van der Waals surface area contributed by atoms with Crippen LogP contribution in [0.3, 0.4) is 0 Å². The number of carbonyl (C=O) groups is 1. The summed E-state index contributed by atoms with van der Waals surface area (Å²) in [4.78, 5) is 15.3. The molecule has 1 N–H and O–H groups in total. The highest BCUT2D eigenvalue weighted by Gasteiger charge is 2.32. The molecular formula is C29H26N2O2. The average Bonchev–Trinajstić information content (AvgIpc) is 2.87. The molecule has 1 heterocycles. The van der Waals surface area contributed by atoms with E-state index in [9.17, 15) is 4.79 Å². The largest absolute Gasteiger partial charge is 0.493 e. The van der Waals surface area contributed by atoms with Gasteiger partial charge in [0.2, 0.25) is 0 Å². The standard InChI is InChI=1S/C29H26N2O2/c32-29-26-13-7-8-14-27(26)30-28(31(29)21-23-11-5-2-6-12-23)24-15-17-25(18-16-24)33-20-19-22-9-3-1-4-10-22/h1-18,28,30H,19-21H2. The molecule has 5 rings (SSSR count). The molecule has 164 valence electrons. The molecule has 4 aromatic rings. The summed E-state index contributed by atoms with van der Waals surface area (Å²) in [7, 11) is 0. The molecule has 0 aromatic heterocycles. The minimum absolute atomic E-state index is 0.0291. The second-order valence-electron chi connectivity index (χ2n) is 8.16. The maximum absolute atomic E-state index is 13.4. The molecule has 33 heavy (non-hydrogen) atoms. The molecule has 0 bridgehead atoms. The Morgan fingerprint density at radius 2 is 1.36 bits per heavy atom. The first-order chi connectivity index (χ1) is 16.3. The van der Waals surface area contributed by atoms with Gasteiger partial charge in [0.1, 0.15) is 11.9 Å². The highest BCUT2D eigenvalue weighted by molar-refractivity contribution is 6.01. The first kappa shape index (κ1) is 20.8. The average molecular weight is 435 g/mol. The van der Waals surface area contributed by atoms with Crippen molar-refractivity contribution < 1.29 is 9.53 Å². The Hall–Kier alpha value is -4.05. The van der Waals surface area contributed by atoms with Crippen molar-refractivity contribution in [3.8, 4) is 5.75 Å². The molecule has 0 spiro atoms. The van der Waals surface area contributed by atoms with Crippen LogP contribution in [0.25, 0.3) is 0 Å². The number of fused-ring (bicyclic) bond motifs is 1. The van der Waals surface area contributed by atoms with Gasteiger partial charge in [0, 0.05) is 18.7 Å². The lowest BCUT2D eigenvalue weighted by atomic mass is 10.0. The van der Waals surface area contributed by atoms with Gasteiger partial charge < -0.3 is 15.0 Å². The lowest BCUT2D eigenvalue weighted by Crippen LogP contribution is -2.42. The van der Waals surface area contributed by atoms with Gasteiger partial charge in [-0.25, -0.2) is 0 Å². The lowest BCUT2D eigenvalue weighted by Gasteiger charge is -2.38. The third-order valence-corrected chi connectivity index (χ3v) is 5.92. The summed E-state index contributed by atoms with van der Waals surface area (Å²) in [6.07, 6.45) is 0.606. The van der Waals surface area contributed by atoms with E-state index in [1.54, 1.807) is 0 Å². The van der Waals surface area contributed by atoms with Gasteiger partial charge in [0.15, 0.2) is 0 Å². The fraction of sp³-hybridized carbons (Fsp3) is 0.138. The summed E-state index contributed by atoms with van der Waals surface area (Å²) in [6.45, 7) is 1.15. The fourth-order valence-electron chi connectivity index (χ4n) is 4.18. The summed E-state index contributed by atoms with van der Waals surface area (Å²) in [5.74, 6) is 0.855. The van der Waals surface area contributed by atoms with E-state index in [1.165, 1.54) is 5.56 Å². The Kier molecular flexibility index (Phi) is 6.07. The van der Waals surface area contributed by atoms with Gasteiger partial charge in [0.05, 0.1) is 12.2 Å². The van der Waals surface area contributed by atoms with Crippen LogP contribution in [0.1, 0.15) is 33.2 Å². The molecule has 0 radical (unpaired) electrons. The van der Waals surface area contributed by atoms with E-state index in [2.05, 4.69) is 29.6 Å². The van der Waals surface area contributed by atoms with Crippen molar-refractivity contribution in [3.05, 3.63) is 131 Å². The molecule has 1 aliphatic heterocycles. The van der Waals surface area contributed by atoms with Crippen molar-refractivity contribution in [1.82, 2.24) is 4.90 Å². The van der Waals surface area contributed by atoms with Crippen molar-refractivity contribution in [3.63, 3.8) is 0 Å². The topological polar surface area (TPSA) is 41.6 Å². The Labute approximate surface area is 194 Å². The van der Waals surface area contributed by atoms with Crippen molar-refractivity contribution in [2.75, 3.05) is 11.9 Å². The second-order valence-corrected chi connectivity index (χ2v) is 8.16. The number of hydrogen-bond donors (Lipinski definition) is 1. The number of ether oxygens (including phenoxy) is 1. The van der Waals surface area contributed by atoms with Crippen molar-refractivity contribution >= 4 is 11.6 Å². The van der Waals surface area contributed by atoms with Crippen LogP contribution >= 0.6 is 0 Å². The predicted molar refractivity (Wildman–Crippen MR) is 131 cm³/mol. The Balaban J connectivity index is 1.34. The van der Waals surface area contributed by atoms with Crippen molar-refractivity contribution in [2.45, 2.75) is 19.1 Å². The fourth-order valence-corrected chi connectivity index (χ4v) is 4.18. The summed E-state index contributed by atoms with van der Waals surface area (Å²) in [5, 5.41) is 3.56. The molecule has 4 heteroatoms. The highest BCUT2D eigenvalue weighted by atomic mass is 16.5. The number of nitrogens with zero attached hydrogens (tertiary/aromatic N) is 1. The zero-order valence-corrected chi connectivity index (χ0v) is 18.4. The van der Waals surface area contributed by atoms with Gasteiger partial charge in [-0.05, 0) is 41.0 Å². The molecule has 1 unspecified atom stereocenters. The lowest BCUT2D eigenvalue weighted by molar-refractivity contribution is 0.0666. The number of rotatable bonds is 7. The monoisotopic (exact) mass is 434 g/mol. The van der Waals surface area contributed by atoms with Crippen LogP contribution in [0.4, 0.5) is 5.69 Å². The first-order valence-electron chi connectivity index (χ1n) is 11.2. The molecule has 4 nitrogen and oxygen atoms in total. The van der Waals surface area contributed by atoms with Crippen LogP contribution in [0.5, 0.6) is 5.75 Å². The van der Waals surface area contributed by atoms with Crippen LogP contribution < -0.4 is 10.1 Å².